The molecule has 0 saturated heterocycles. The van der Waals surface area contributed by atoms with Crippen LogP contribution in [0.3, 0.4) is 0 Å². The zero-order valence-electron chi connectivity index (χ0n) is 10.7. The molecule has 1 aromatic carbocycles. The number of ether oxygens (including phenoxy) is 1. The van der Waals surface area contributed by atoms with Gasteiger partial charge in [-0.2, -0.15) is 0 Å². The van der Waals surface area contributed by atoms with Gasteiger partial charge in [-0.3, -0.25) is 4.98 Å². The lowest BCUT2D eigenvalue weighted by Gasteiger charge is -2.10. The first-order valence-electron chi connectivity index (χ1n) is 5.79. The number of anilines is 1. The molecule has 1 aromatic heterocycles. The molecule has 0 fully saturated rings. The Labute approximate surface area is 125 Å². The van der Waals surface area contributed by atoms with Crippen molar-refractivity contribution in [1.29, 1.82) is 0 Å². The molecule has 19 heavy (non-hydrogen) atoms. The van der Waals surface area contributed by atoms with E-state index in [1.54, 1.807) is 13.2 Å². The molecule has 0 aliphatic rings. The Kier molecular flexibility index (Phi) is 4.57. The summed E-state index contributed by atoms with van der Waals surface area (Å²) in [4.78, 5) is 4.43. The van der Waals surface area contributed by atoms with E-state index in [0.717, 1.165) is 26.4 Å². The number of halogens is 2. The van der Waals surface area contributed by atoms with E-state index in [1.807, 2.05) is 19.1 Å². The van der Waals surface area contributed by atoms with Crippen LogP contribution in [0, 0.1) is 16.3 Å². The highest BCUT2D eigenvalue weighted by molar-refractivity contribution is 14.1. The van der Waals surface area contributed by atoms with E-state index in [9.17, 15) is 4.39 Å². The number of hydrogen-bond acceptors (Lipinski definition) is 3. The topological polar surface area (TPSA) is 34.1 Å². The van der Waals surface area contributed by atoms with Gasteiger partial charge in [-0.25, -0.2) is 4.39 Å². The van der Waals surface area contributed by atoms with Gasteiger partial charge in [0.1, 0.15) is 11.6 Å². The Hall–Kier alpha value is -1.37. The molecule has 0 amide bonds. The number of rotatable bonds is 4. The van der Waals surface area contributed by atoms with Gasteiger partial charge < -0.3 is 10.1 Å². The summed E-state index contributed by atoms with van der Waals surface area (Å²) in [6.45, 7) is 2.49. The molecule has 5 heteroatoms. The molecule has 0 radical (unpaired) electrons. The van der Waals surface area contributed by atoms with Crippen molar-refractivity contribution in [2.45, 2.75) is 13.5 Å². The SMILES string of the molecule is COc1cc(C)nc(CNc2ccc(F)cc2I)c1. The van der Waals surface area contributed by atoms with Crippen LogP contribution in [0.2, 0.25) is 0 Å². The molecular weight excluding hydrogens is 358 g/mol. The number of aromatic nitrogens is 1. The van der Waals surface area contributed by atoms with Gasteiger partial charge in [0.2, 0.25) is 0 Å². The lowest BCUT2D eigenvalue weighted by molar-refractivity contribution is 0.413. The van der Waals surface area contributed by atoms with Crippen molar-refractivity contribution in [3.63, 3.8) is 0 Å². The van der Waals surface area contributed by atoms with Crippen LogP contribution >= 0.6 is 22.6 Å². The second-order valence-corrected chi connectivity index (χ2v) is 5.28. The average Bonchev–Trinajstić information content (AvgIpc) is 2.37. The van der Waals surface area contributed by atoms with E-state index in [1.165, 1.54) is 12.1 Å². The van der Waals surface area contributed by atoms with Gasteiger partial charge in [-0.1, -0.05) is 0 Å². The molecule has 0 unspecified atom stereocenters. The van der Waals surface area contributed by atoms with Gasteiger partial charge in [0.15, 0.2) is 0 Å². The summed E-state index contributed by atoms with van der Waals surface area (Å²) in [6.07, 6.45) is 0. The minimum absolute atomic E-state index is 0.231. The van der Waals surface area contributed by atoms with Crippen molar-refractivity contribution in [2.24, 2.45) is 0 Å². The van der Waals surface area contributed by atoms with Crippen LogP contribution in [0.5, 0.6) is 5.75 Å². The predicted molar refractivity (Wildman–Crippen MR) is 82.0 cm³/mol. The number of methoxy groups -OCH3 is 1. The standard InChI is InChI=1S/C14H14FIN2O/c1-9-5-12(19-2)7-11(18-9)8-17-14-4-3-10(15)6-13(14)16/h3-7,17H,8H2,1-2H3. The van der Waals surface area contributed by atoms with E-state index in [0.29, 0.717) is 6.54 Å². The Morgan fingerprint density at radius 1 is 1.32 bits per heavy atom. The summed E-state index contributed by atoms with van der Waals surface area (Å²) in [7, 11) is 1.63. The first-order chi connectivity index (χ1) is 9.08. The summed E-state index contributed by atoms with van der Waals surface area (Å²) in [5.41, 5.74) is 2.69. The largest absolute Gasteiger partial charge is 0.497 e. The van der Waals surface area contributed by atoms with E-state index in [2.05, 4.69) is 32.9 Å². The van der Waals surface area contributed by atoms with Gasteiger partial charge in [0.05, 0.1) is 19.3 Å². The monoisotopic (exact) mass is 372 g/mol. The summed E-state index contributed by atoms with van der Waals surface area (Å²) in [5.74, 6) is 0.559. The smallest absolute Gasteiger partial charge is 0.124 e. The molecule has 2 rings (SSSR count). The van der Waals surface area contributed by atoms with Crippen molar-refractivity contribution in [3.05, 3.63) is 51.1 Å². The van der Waals surface area contributed by atoms with Crippen LogP contribution in [-0.4, -0.2) is 12.1 Å². The van der Waals surface area contributed by atoms with Crippen molar-refractivity contribution < 1.29 is 9.13 Å². The van der Waals surface area contributed by atoms with Crippen LogP contribution in [-0.2, 0) is 6.54 Å². The molecular formula is C14H14FIN2O. The predicted octanol–water partition coefficient (Wildman–Crippen LogP) is 3.75. The molecule has 0 aliphatic heterocycles. The normalized spacial score (nSPS) is 10.3. The maximum absolute atomic E-state index is 13.0. The maximum Gasteiger partial charge on any atom is 0.124 e. The van der Waals surface area contributed by atoms with E-state index >= 15 is 0 Å². The Bertz CT molecular complexity index is 590. The van der Waals surface area contributed by atoms with Gasteiger partial charge >= 0.3 is 0 Å². The third kappa shape index (κ3) is 3.79. The molecule has 0 atom stereocenters. The van der Waals surface area contributed by atoms with Crippen LogP contribution in [0.15, 0.2) is 30.3 Å². The molecule has 3 nitrogen and oxygen atoms in total. The van der Waals surface area contributed by atoms with Gasteiger partial charge in [0, 0.05) is 27.1 Å². The van der Waals surface area contributed by atoms with Gasteiger partial charge in [-0.15, -0.1) is 0 Å². The Morgan fingerprint density at radius 2 is 2.11 bits per heavy atom. The van der Waals surface area contributed by atoms with Crippen LogP contribution < -0.4 is 10.1 Å². The zero-order valence-corrected chi connectivity index (χ0v) is 12.9. The fourth-order valence-corrected chi connectivity index (χ4v) is 2.40. The van der Waals surface area contributed by atoms with Crippen molar-refractivity contribution in [3.8, 4) is 5.75 Å². The highest BCUT2D eigenvalue weighted by Crippen LogP contribution is 2.20. The molecule has 0 spiro atoms. The molecule has 0 aliphatic carbocycles. The Balaban J connectivity index is 2.12. The van der Waals surface area contributed by atoms with Crippen molar-refractivity contribution in [1.82, 2.24) is 4.98 Å². The number of nitrogens with zero attached hydrogens (tertiary/aromatic N) is 1. The van der Waals surface area contributed by atoms with Gasteiger partial charge in [-0.05, 0) is 47.7 Å². The summed E-state index contributed by atoms with van der Waals surface area (Å²) in [5, 5.41) is 3.24. The first-order valence-corrected chi connectivity index (χ1v) is 6.87. The Morgan fingerprint density at radius 3 is 2.79 bits per heavy atom. The van der Waals surface area contributed by atoms with Crippen LogP contribution in [0.25, 0.3) is 0 Å². The third-order valence-corrected chi connectivity index (χ3v) is 3.50. The summed E-state index contributed by atoms with van der Waals surface area (Å²) in [6, 6.07) is 8.42. The van der Waals surface area contributed by atoms with E-state index < -0.39 is 0 Å². The quantitative estimate of drug-likeness (QED) is 0.831. The summed E-state index contributed by atoms with van der Waals surface area (Å²) >= 11 is 2.10. The molecule has 0 saturated carbocycles. The lowest BCUT2D eigenvalue weighted by atomic mass is 10.2. The second kappa shape index (κ2) is 6.18. The fourth-order valence-electron chi connectivity index (χ4n) is 1.73. The number of aryl methyl sites for hydroxylation is 1. The van der Waals surface area contributed by atoms with E-state index in [-0.39, 0.29) is 5.82 Å². The van der Waals surface area contributed by atoms with Crippen molar-refractivity contribution >= 4 is 28.3 Å². The maximum atomic E-state index is 13.0. The highest BCUT2D eigenvalue weighted by Gasteiger charge is 2.04. The molecule has 0 bridgehead atoms. The molecule has 2 aromatic rings. The minimum atomic E-state index is -0.231. The van der Waals surface area contributed by atoms with E-state index in [4.69, 9.17) is 4.74 Å². The van der Waals surface area contributed by atoms with Crippen LogP contribution in [0.1, 0.15) is 11.4 Å². The van der Waals surface area contributed by atoms with Crippen LogP contribution in [0.4, 0.5) is 10.1 Å². The third-order valence-electron chi connectivity index (χ3n) is 2.61. The number of pyridine rings is 1. The number of nitrogens with one attached hydrogen (secondary N) is 1. The number of benzene rings is 1. The lowest BCUT2D eigenvalue weighted by Crippen LogP contribution is -2.04. The number of hydrogen-bond donors (Lipinski definition) is 1. The molecule has 1 heterocycles. The highest BCUT2D eigenvalue weighted by atomic mass is 127. The van der Waals surface area contributed by atoms with Gasteiger partial charge in [0.25, 0.3) is 0 Å². The zero-order chi connectivity index (χ0) is 13.8. The minimum Gasteiger partial charge on any atom is -0.497 e. The average molecular weight is 372 g/mol. The summed E-state index contributed by atoms with van der Waals surface area (Å²) < 4.78 is 19.1. The fraction of sp³-hybridized carbons (Fsp3) is 0.214. The first kappa shape index (κ1) is 14.0. The molecule has 100 valence electrons. The second-order valence-electron chi connectivity index (χ2n) is 4.12. The van der Waals surface area contributed by atoms with Crippen molar-refractivity contribution in [2.75, 3.05) is 12.4 Å². The molecule has 1 N–H and O–H groups in total.